The molecule has 0 aromatic heterocycles. The molecular formula is C8H13N3O2. The van der Waals surface area contributed by atoms with Crippen LogP contribution in [-0.2, 0) is 9.59 Å². The minimum atomic E-state index is -0.677. The van der Waals surface area contributed by atoms with Gasteiger partial charge < -0.3 is 11.1 Å². The normalized spacial score (nSPS) is 11.4. The maximum Gasteiger partial charge on any atom is 0.237 e. The Hall–Kier alpha value is -1.57. The zero-order chi connectivity index (χ0) is 10.3. The second-order valence-corrected chi connectivity index (χ2v) is 2.65. The Balaban J connectivity index is 3.93. The number of carbonyl (C=O) groups excluding carboxylic acids is 2. The van der Waals surface area contributed by atoms with E-state index in [1.165, 1.54) is 0 Å². The van der Waals surface area contributed by atoms with Gasteiger partial charge in [-0.3, -0.25) is 9.59 Å². The molecule has 2 amide bonds. The van der Waals surface area contributed by atoms with E-state index in [-0.39, 0.29) is 6.54 Å². The first-order valence-corrected chi connectivity index (χ1v) is 4.07. The van der Waals surface area contributed by atoms with Crippen LogP contribution in [-0.4, -0.2) is 18.4 Å². The first-order chi connectivity index (χ1) is 6.11. The molecule has 0 bridgehead atoms. The number of primary amides is 1. The summed E-state index contributed by atoms with van der Waals surface area (Å²) in [5.41, 5.74) is 4.82. The fraction of sp³-hybridized carbons (Fsp3) is 0.625. The van der Waals surface area contributed by atoms with Crippen LogP contribution in [0.15, 0.2) is 0 Å². The second-order valence-electron chi connectivity index (χ2n) is 2.65. The summed E-state index contributed by atoms with van der Waals surface area (Å²) in [6.45, 7) is 1.67. The summed E-state index contributed by atoms with van der Waals surface area (Å²) in [5.74, 6) is -1.71. The largest absolute Gasteiger partial charge is 0.368 e. The molecule has 0 heterocycles. The summed E-state index contributed by atoms with van der Waals surface area (Å²) >= 11 is 0. The van der Waals surface area contributed by atoms with Crippen molar-refractivity contribution >= 4 is 11.8 Å². The highest BCUT2D eigenvalue weighted by Crippen LogP contribution is 2.03. The van der Waals surface area contributed by atoms with Crippen molar-refractivity contribution in [2.24, 2.45) is 11.7 Å². The van der Waals surface area contributed by atoms with Crippen molar-refractivity contribution in [1.29, 1.82) is 5.26 Å². The molecule has 0 aliphatic heterocycles. The molecular weight excluding hydrogens is 170 g/mol. The number of carbonyl (C=O) groups is 2. The SMILES string of the molecule is CCCC(C#N)C(=O)NCC(N)=O. The lowest BCUT2D eigenvalue weighted by atomic mass is 10.1. The third-order valence-corrected chi connectivity index (χ3v) is 1.49. The standard InChI is InChI=1S/C8H13N3O2/c1-2-3-6(4-9)8(13)11-5-7(10)12/h6H,2-3,5H2,1H3,(H2,10,12)(H,11,13). The third-order valence-electron chi connectivity index (χ3n) is 1.49. The monoisotopic (exact) mass is 183 g/mol. The summed E-state index contributed by atoms with van der Waals surface area (Å²) < 4.78 is 0. The van der Waals surface area contributed by atoms with Gasteiger partial charge >= 0.3 is 0 Å². The molecule has 3 N–H and O–H groups in total. The third kappa shape index (κ3) is 4.80. The van der Waals surface area contributed by atoms with Crippen LogP contribution in [0.5, 0.6) is 0 Å². The van der Waals surface area contributed by atoms with E-state index in [0.29, 0.717) is 6.42 Å². The number of hydrogen-bond acceptors (Lipinski definition) is 3. The average Bonchev–Trinajstić information content (AvgIpc) is 2.10. The molecule has 1 unspecified atom stereocenters. The van der Waals surface area contributed by atoms with Gasteiger partial charge in [-0.25, -0.2) is 0 Å². The van der Waals surface area contributed by atoms with Crippen molar-refractivity contribution in [3.05, 3.63) is 0 Å². The van der Waals surface area contributed by atoms with E-state index in [1.54, 1.807) is 0 Å². The quantitative estimate of drug-likeness (QED) is 0.603. The van der Waals surface area contributed by atoms with E-state index < -0.39 is 17.7 Å². The van der Waals surface area contributed by atoms with Crippen LogP contribution in [0, 0.1) is 17.2 Å². The van der Waals surface area contributed by atoms with Gasteiger partial charge in [0.1, 0.15) is 5.92 Å². The molecule has 13 heavy (non-hydrogen) atoms. The first-order valence-electron chi connectivity index (χ1n) is 4.07. The number of amides is 2. The average molecular weight is 183 g/mol. The summed E-state index contributed by atoms with van der Waals surface area (Å²) in [6, 6.07) is 1.86. The maximum atomic E-state index is 11.1. The van der Waals surface area contributed by atoms with Crippen molar-refractivity contribution in [3.63, 3.8) is 0 Å². The van der Waals surface area contributed by atoms with E-state index in [9.17, 15) is 9.59 Å². The predicted molar refractivity (Wildman–Crippen MR) is 46.2 cm³/mol. The zero-order valence-corrected chi connectivity index (χ0v) is 7.54. The molecule has 1 atom stereocenters. The smallest absolute Gasteiger partial charge is 0.237 e. The second kappa shape index (κ2) is 6.00. The fourth-order valence-electron chi connectivity index (χ4n) is 0.840. The van der Waals surface area contributed by atoms with Crippen LogP contribution in [0.4, 0.5) is 0 Å². The lowest BCUT2D eigenvalue weighted by Gasteiger charge is -2.06. The lowest BCUT2D eigenvalue weighted by molar-refractivity contribution is -0.126. The van der Waals surface area contributed by atoms with Gasteiger partial charge in [-0.05, 0) is 6.42 Å². The number of hydrogen-bond donors (Lipinski definition) is 2. The number of rotatable bonds is 5. The van der Waals surface area contributed by atoms with Crippen LogP contribution >= 0.6 is 0 Å². The van der Waals surface area contributed by atoms with Crippen molar-refractivity contribution in [3.8, 4) is 6.07 Å². The molecule has 0 fully saturated rings. The van der Waals surface area contributed by atoms with Gasteiger partial charge in [0.2, 0.25) is 11.8 Å². The molecule has 0 radical (unpaired) electrons. The Kier molecular flexibility index (Phi) is 5.28. The molecule has 5 nitrogen and oxygen atoms in total. The van der Waals surface area contributed by atoms with Gasteiger partial charge in [-0.1, -0.05) is 13.3 Å². The summed E-state index contributed by atoms with van der Waals surface area (Å²) in [5, 5.41) is 10.8. The number of nitrogens with two attached hydrogens (primary N) is 1. The van der Waals surface area contributed by atoms with Crippen LogP contribution in [0.1, 0.15) is 19.8 Å². The van der Waals surface area contributed by atoms with E-state index in [4.69, 9.17) is 11.0 Å². The van der Waals surface area contributed by atoms with E-state index >= 15 is 0 Å². The Morgan fingerprint density at radius 2 is 2.23 bits per heavy atom. The summed E-state index contributed by atoms with van der Waals surface area (Å²) in [7, 11) is 0. The van der Waals surface area contributed by atoms with Crippen LogP contribution in [0.3, 0.4) is 0 Å². The molecule has 0 aromatic carbocycles. The van der Waals surface area contributed by atoms with Gasteiger partial charge in [-0.15, -0.1) is 0 Å². The van der Waals surface area contributed by atoms with Gasteiger partial charge in [0.05, 0.1) is 12.6 Å². The molecule has 0 aliphatic carbocycles. The van der Waals surface area contributed by atoms with E-state index in [0.717, 1.165) is 6.42 Å². The van der Waals surface area contributed by atoms with Gasteiger partial charge in [0.15, 0.2) is 0 Å². The number of nitrogens with zero attached hydrogens (tertiary/aromatic N) is 1. The molecule has 0 aliphatic rings. The minimum Gasteiger partial charge on any atom is -0.368 e. The summed E-state index contributed by atoms with van der Waals surface area (Å²) in [4.78, 5) is 21.4. The molecule has 0 spiro atoms. The highest BCUT2D eigenvalue weighted by atomic mass is 16.2. The topological polar surface area (TPSA) is 96.0 Å². The molecule has 0 rings (SSSR count). The minimum absolute atomic E-state index is 0.208. The molecule has 0 saturated carbocycles. The van der Waals surface area contributed by atoms with Gasteiger partial charge in [0, 0.05) is 0 Å². The Morgan fingerprint density at radius 3 is 2.62 bits per heavy atom. The Bertz CT molecular complexity index is 232. The molecule has 0 aromatic rings. The number of nitrogens with one attached hydrogen (secondary N) is 1. The fourth-order valence-corrected chi connectivity index (χ4v) is 0.840. The highest BCUT2D eigenvalue weighted by Gasteiger charge is 2.16. The lowest BCUT2D eigenvalue weighted by Crippen LogP contribution is -2.36. The van der Waals surface area contributed by atoms with Crippen LogP contribution in [0.25, 0.3) is 0 Å². The number of nitriles is 1. The van der Waals surface area contributed by atoms with Gasteiger partial charge in [-0.2, -0.15) is 5.26 Å². The molecule has 5 heteroatoms. The van der Waals surface area contributed by atoms with E-state index in [2.05, 4.69) is 5.32 Å². The zero-order valence-electron chi connectivity index (χ0n) is 7.54. The van der Waals surface area contributed by atoms with Crippen molar-refractivity contribution in [1.82, 2.24) is 5.32 Å². The highest BCUT2D eigenvalue weighted by molar-refractivity contribution is 5.86. The maximum absolute atomic E-state index is 11.1. The van der Waals surface area contributed by atoms with Crippen LogP contribution in [0.2, 0.25) is 0 Å². The van der Waals surface area contributed by atoms with E-state index in [1.807, 2.05) is 13.0 Å². The van der Waals surface area contributed by atoms with Crippen molar-refractivity contribution < 1.29 is 9.59 Å². The van der Waals surface area contributed by atoms with Gasteiger partial charge in [0.25, 0.3) is 0 Å². The van der Waals surface area contributed by atoms with Crippen LogP contribution < -0.4 is 11.1 Å². The molecule has 72 valence electrons. The van der Waals surface area contributed by atoms with Crippen molar-refractivity contribution in [2.45, 2.75) is 19.8 Å². The van der Waals surface area contributed by atoms with Crippen molar-refractivity contribution in [2.75, 3.05) is 6.54 Å². The molecule has 0 saturated heterocycles. The predicted octanol–water partition coefficient (Wildman–Crippen LogP) is -0.472. The first kappa shape index (κ1) is 11.4. The Morgan fingerprint density at radius 1 is 1.62 bits per heavy atom. The Labute approximate surface area is 76.9 Å². The summed E-state index contributed by atoms with van der Waals surface area (Å²) in [6.07, 6.45) is 1.25.